The van der Waals surface area contributed by atoms with Crippen molar-refractivity contribution >= 4 is 6.09 Å². The minimum absolute atomic E-state index is 0.0823. The topological polar surface area (TPSA) is 77.0 Å². The second-order valence-corrected chi connectivity index (χ2v) is 5.26. The van der Waals surface area contributed by atoms with Crippen molar-refractivity contribution in [3.05, 3.63) is 0 Å². The zero-order chi connectivity index (χ0) is 15.4. The number of amides is 1. The maximum atomic E-state index is 11.4. The SMILES string of the molecule is C#CCOCCOCC(CO)CNC(=O)OC(C)(C)C. The summed E-state index contributed by atoms with van der Waals surface area (Å²) in [5.41, 5.74) is -0.538. The van der Waals surface area contributed by atoms with Crippen LogP contribution in [0.15, 0.2) is 0 Å². The molecule has 0 aromatic rings. The first kappa shape index (κ1) is 18.7. The number of hydrogen-bond donors (Lipinski definition) is 2. The quantitative estimate of drug-likeness (QED) is 0.484. The average molecular weight is 287 g/mol. The van der Waals surface area contributed by atoms with Crippen LogP contribution in [0.2, 0.25) is 0 Å². The van der Waals surface area contributed by atoms with Crippen molar-refractivity contribution in [3.63, 3.8) is 0 Å². The van der Waals surface area contributed by atoms with Gasteiger partial charge in [0, 0.05) is 19.1 Å². The van der Waals surface area contributed by atoms with E-state index in [1.165, 1.54) is 0 Å². The Morgan fingerprint density at radius 3 is 2.55 bits per heavy atom. The molecular weight excluding hydrogens is 262 g/mol. The summed E-state index contributed by atoms with van der Waals surface area (Å²) in [5, 5.41) is 11.8. The van der Waals surface area contributed by atoms with E-state index < -0.39 is 11.7 Å². The molecule has 0 heterocycles. The largest absolute Gasteiger partial charge is 0.444 e. The first-order valence-electron chi connectivity index (χ1n) is 6.55. The van der Waals surface area contributed by atoms with Gasteiger partial charge in [-0.25, -0.2) is 4.79 Å². The molecule has 0 spiro atoms. The van der Waals surface area contributed by atoms with Gasteiger partial charge in [0.05, 0.1) is 19.8 Å². The minimum atomic E-state index is -0.538. The summed E-state index contributed by atoms with van der Waals surface area (Å²) in [7, 11) is 0. The van der Waals surface area contributed by atoms with Crippen LogP contribution in [-0.4, -0.2) is 56.4 Å². The second-order valence-electron chi connectivity index (χ2n) is 5.26. The molecule has 0 bridgehead atoms. The fraction of sp³-hybridized carbons (Fsp3) is 0.786. The molecule has 0 aliphatic carbocycles. The number of carbonyl (C=O) groups excluding carboxylic acids is 1. The van der Waals surface area contributed by atoms with Crippen molar-refractivity contribution < 1.29 is 24.1 Å². The van der Waals surface area contributed by atoms with Gasteiger partial charge in [0.1, 0.15) is 12.2 Å². The number of ether oxygens (including phenoxy) is 3. The predicted molar refractivity (Wildman–Crippen MR) is 75.3 cm³/mol. The molecule has 1 amide bonds. The van der Waals surface area contributed by atoms with Gasteiger partial charge < -0.3 is 24.6 Å². The number of aliphatic hydroxyl groups excluding tert-OH is 1. The fourth-order valence-electron chi connectivity index (χ4n) is 1.22. The van der Waals surface area contributed by atoms with Crippen LogP contribution < -0.4 is 5.32 Å². The van der Waals surface area contributed by atoms with E-state index in [1.807, 2.05) is 0 Å². The zero-order valence-corrected chi connectivity index (χ0v) is 12.5. The highest BCUT2D eigenvalue weighted by Gasteiger charge is 2.17. The third-order valence-corrected chi connectivity index (χ3v) is 2.10. The Labute approximate surface area is 120 Å². The van der Waals surface area contributed by atoms with E-state index in [9.17, 15) is 9.90 Å². The Hall–Kier alpha value is -1.29. The summed E-state index contributed by atoms with van der Waals surface area (Å²) in [6, 6.07) is 0. The average Bonchev–Trinajstić information content (AvgIpc) is 2.35. The minimum Gasteiger partial charge on any atom is -0.444 e. The van der Waals surface area contributed by atoms with Crippen molar-refractivity contribution in [1.82, 2.24) is 5.32 Å². The molecule has 0 rings (SSSR count). The van der Waals surface area contributed by atoms with Gasteiger partial charge in [0.2, 0.25) is 0 Å². The van der Waals surface area contributed by atoms with Gasteiger partial charge in [-0.15, -0.1) is 6.42 Å². The first-order chi connectivity index (χ1) is 9.39. The molecule has 1 unspecified atom stereocenters. The van der Waals surface area contributed by atoms with E-state index in [1.54, 1.807) is 20.8 Å². The highest BCUT2D eigenvalue weighted by Crippen LogP contribution is 2.06. The summed E-state index contributed by atoms with van der Waals surface area (Å²) in [5.74, 6) is 2.17. The standard InChI is InChI=1S/C14H25NO5/c1-5-6-18-7-8-19-11-12(10-16)9-15-13(17)20-14(2,3)4/h1,12,16H,6-11H2,2-4H3,(H,15,17). The molecule has 0 saturated heterocycles. The monoisotopic (exact) mass is 287 g/mol. The first-order valence-corrected chi connectivity index (χ1v) is 6.55. The van der Waals surface area contributed by atoms with E-state index in [4.69, 9.17) is 20.6 Å². The van der Waals surface area contributed by atoms with E-state index in [0.717, 1.165) is 0 Å². The van der Waals surface area contributed by atoms with Gasteiger partial charge in [0.15, 0.2) is 0 Å². The highest BCUT2D eigenvalue weighted by atomic mass is 16.6. The van der Waals surface area contributed by atoms with Crippen molar-refractivity contribution in [2.24, 2.45) is 5.92 Å². The molecule has 0 aliphatic rings. The predicted octanol–water partition coefficient (Wildman–Crippen LogP) is 0.786. The third-order valence-electron chi connectivity index (χ3n) is 2.10. The Morgan fingerprint density at radius 1 is 1.35 bits per heavy atom. The molecule has 0 aromatic carbocycles. The Balaban J connectivity index is 3.71. The third kappa shape index (κ3) is 11.8. The number of alkyl carbamates (subject to hydrolysis) is 1. The smallest absolute Gasteiger partial charge is 0.407 e. The molecule has 116 valence electrons. The molecule has 6 heteroatoms. The van der Waals surface area contributed by atoms with Crippen LogP contribution in [0.1, 0.15) is 20.8 Å². The normalized spacial score (nSPS) is 12.6. The highest BCUT2D eigenvalue weighted by molar-refractivity contribution is 5.67. The molecule has 0 saturated carbocycles. The van der Waals surface area contributed by atoms with Gasteiger partial charge >= 0.3 is 6.09 Å². The summed E-state index contributed by atoms with van der Waals surface area (Å²) < 4.78 is 15.4. The van der Waals surface area contributed by atoms with Crippen LogP contribution in [-0.2, 0) is 14.2 Å². The summed E-state index contributed by atoms with van der Waals surface area (Å²) in [4.78, 5) is 11.4. The number of nitrogens with one attached hydrogen (secondary N) is 1. The molecule has 6 nitrogen and oxygen atoms in total. The number of carbonyl (C=O) groups is 1. The lowest BCUT2D eigenvalue weighted by molar-refractivity contribution is 0.0275. The molecule has 0 aliphatic heterocycles. The van der Waals surface area contributed by atoms with E-state index in [-0.39, 0.29) is 25.7 Å². The van der Waals surface area contributed by atoms with Crippen molar-refractivity contribution in [3.8, 4) is 12.3 Å². The van der Waals surface area contributed by atoms with E-state index in [0.29, 0.717) is 19.8 Å². The van der Waals surface area contributed by atoms with E-state index in [2.05, 4.69) is 11.2 Å². The number of aliphatic hydroxyl groups is 1. The number of hydrogen-bond acceptors (Lipinski definition) is 5. The lowest BCUT2D eigenvalue weighted by Gasteiger charge is -2.21. The van der Waals surface area contributed by atoms with Crippen LogP contribution in [0.25, 0.3) is 0 Å². The molecule has 0 fully saturated rings. The Morgan fingerprint density at radius 2 is 2.00 bits per heavy atom. The lowest BCUT2D eigenvalue weighted by Crippen LogP contribution is -2.37. The maximum Gasteiger partial charge on any atom is 0.407 e. The van der Waals surface area contributed by atoms with Gasteiger partial charge in [-0.05, 0) is 20.8 Å². The Bertz CT molecular complexity index is 306. The molecular formula is C14H25NO5. The molecule has 1 atom stereocenters. The number of terminal acetylenes is 1. The lowest BCUT2D eigenvalue weighted by atomic mass is 10.2. The van der Waals surface area contributed by atoms with Crippen molar-refractivity contribution in [2.45, 2.75) is 26.4 Å². The van der Waals surface area contributed by atoms with Crippen LogP contribution in [0.4, 0.5) is 4.79 Å². The van der Waals surface area contributed by atoms with Crippen LogP contribution >= 0.6 is 0 Å². The van der Waals surface area contributed by atoms with Gasteiger partial charge in [-0.3, -0.25) is 0 Å². The van der Waals surface area contributed by atoms with Crippen LogP contribution in [0.5, 0.6) is 0 Å². The summed E-state index contributed by atoms with van der Waals surface area (Å²) in [6.07, 6.45) is 4.52. The van der Waals surface area contributed by atoms with Gasteiger partial charge in [-0.2, -0.15) is 0 Å². The molecule has 0 radical (unpaired) electrons. The van der Waals surface area contributed by atoms with Crippen LogP contribution in [0.3, 0.4) is 0 Å². The van der Waals surface area contributed by atoms with Gasteiger partial charge in [0.25, 0.3) is 0 Å². The second kappa shape index (κ2) is 10.5. The zero-order valence-electron chi connectivity index (χ0n) is 12.5. The van der Waals surface area contributed by atoms with Crippen molar-refractivity contribution in [1.29, 1.82) is 0 Å². The van der Waals surface area contributed by atoms with Gasteiger partial charge in [-0.1, -0.05) is 5.92 Å². The van der Waals surface area contributed by atoms with E-state index >= 15 is 0 Å². The summed E-state index contributed by atoms with van der Waals surface area (Å²) in [6.45, 7) is 6.95. The fourth-order valence-corrected chi connectivity index (χ4v) is 1.22. The molecule has 2 N–H and O–H groups in total. The van der Waals surface area contributed by atoms with Crippen molar-refractivity contribution in [2.75, 3.05) is 39.6 Å². The summed E-state index contributed by atoms with van der Waals surface area (Å²) >= 11 is 0. The molecule has 0 aromatic heterocycles. The maximum absolute atomic E-state index is 11.4. The number of rotatable bonds is 9. The Kier molecular flexibility index (Phi) is 9.82. The molecule has 20 heavy (non-hydrogen) atoms. The van der Waals surface area contributed by atoms with Crippen LogP contribution in [0, 0.1) is 18.3 Å².